The molecule has 1 aromatic carbocycles. The molecule has 1 aromatic rings. The van der Waals surface area contributed by atoms with E-state index in [0.29, 0.717) is 0 Å². The van der Waals surface area contributed by atoms with Crippen molar-refractivity contribution in [1.29, 1.82) is 0 Å². The van der Waals surface area contributed by atoms with Crippen LogP contribution in [0.1, 0.15) is 0 Å². The molecule has 0 unspecified atom stereocenters. The van der Waals surface area contributed by atoms with Gasteiger partial charge in [0.25, 0.3) is 0 Å². The van der Waals surface area contributed by atoms with Gasteiger partial charge in [0, 0.05) is 4.47 Å². The lowest BCUT2D eigenvalue weighted by Crippen LogP contribution is -1.57. The van der Waals surface area contributed by atoms with Gasteiger partial charge in [-0.25, -0.2) is 0 Å². The molecule has 1 heteroatoms. The molecule has 0 aliphatic rings. The summed E-state index contributed by atoms with van der Waals surface area (Å²) in [6.45, 7) is 0. The molecule has 0 fully saturated rings. The van der Waals surface area contributed by atoms with E-state index in [1.54, 1.807) is 6.07 Å². The summed E-state index contributed by atoms with van der Waals surface area (Å²) >= 11 is 3.25. The Morgan fingerprint density at radius 2 is 1.86 bits per heavy atom. The van der Waals surface area contributed by atoms with E-state index >= 15 is 0 Å². The fourth-order valence-electron chi connectivity index (χ4n) is 0.332. The SMILES string of the molecule is Brc1c[c]c[c]c1. The summed E-state index contributed by atoms with van der Waals surface area (Å²) in [6.07, 6.45) is 0. The predicted molar refractivity (Wildman–Crippen MR) is 31.8 cm³/mol. The van der Waals surface area contributed by atoms with Gasteiger partial charge < -0.3 is 0 Å². The fourth-order valence-corrected chi connectivity index (χ4v) is 0.597. The van der Waals surface area contributed by atoms with Gasteiger partial charge in [-0.15, -0.1) is 0 Å². The molecule has 0 atom stereocenters. The van der Waals surface area contributed by atoms with Gasteiger partial charge in [0.2, 0.25) is 0 Å². The second kappa shape index (κ2) is 2.12. The van der Waals surface area contributed by atoms with Crippen molar-refractivity contribution in [2.75, 3.05) is 0 Å². The van der Waals surface area contributed by atoms with Crippen molar-refractivity contribution in [2.45, 2.75) is 0 Å². The molecule has 0 aliphatic heterocycles. The lowest BCUT2D eigenvalue weighted by Gasteiger charge is -1.79. The highest BCUT2D eigenvalue weighted by atomic mass is 79.9. The zero-order valence-electron chi connectivity index (χ0n) is 3.61. The maximum Gasteiger partial charge on any atom is 0.0187 e. The third-order valence-electron chi connectivity index (χ3n) is 0.609. The number of hydrogen-bond acceptors (Lipinski definition) is 0. The lowest BCUT2D eigenvalue weighted by atomic mass is 10.4. The molecule has 0 amide bonds. The first-order chi connectivity index (χ1) is 3.39. The summed E-state index contributed by atoms with van der Waals surface area (Å²) in [5.41, 5.74) is 0. The zero-order valence-corrected chi connectivity index (χ0v) is 5.20. The van der Waals surface area contributed by atoms with Gasteiger partial charge in [-0.3, -0.25) is 0 Å². The zero-order chi connectivity index (χ0) is 5.11. The van der Waals surface area contributed by atoms with Gasteiger partial charge in [0.15, 0.2) is 0 Å². The Morgan fingerprint density at radius 3 is 2.14 bits per heavy atom. The first kappa shape index (κ1) is 4.85. The molecule has 0 aliphatic carbocycles. The van der Waals surface area contributed by atoms with Crippen LogP contribution in [0.3, 0.4) is 0 Å². The Hall–Kier alpha value is -0.300. The van der Waals surface area contributed by atoms with Gasteiger partial charge in [-0.05, 0) is 30.3 Å². The maximum absolute atomic E-state index is 3.25. The van der Waals surface area contributed by atoms with Crippen molar-refractivity contribution in [3.8, 4) is 0 Å². The van der Waals surface area contributed by atoms with Gasteiger partial charge in [0.1, 0.15) is 0 Å². The summed E-state index contributed by atoms with van der Waals surface area (Å²) in [6, 6.07) is 11.1. The molecule has 0 spiro atoms. The van der Waals surface area contributed by atoms with Crippen LogP contribution in [0, 0.1) is 12.1 Å². The number of rotatable bonds is 0. The van der Waals surface area contributed by atoms with E-state index in [2.05, 4.69) is 28.1 Å². The largest absolute Gasteiger partial charge is 0.0508 e. The van der Waals surface area contributed by atoms with E-state index < -0.39 is 0 Å². The van der Waals surface area contributed by atoms with Gasteiger partial charge >= 0.3 is 0 Å². The van der Waals surface area contributed by atoms with E-state index in [9.17, 15) is 0 Å². The van der Waals surface area contributed by atoms with Crippen LogP contribution in [0.4, 0.5) is 0 Å². The monoisotopic (exact) mass is 154 g/mol. The Morgan fingerprint density at radius 1 is 1.29 bits per heavy atom. The summed E-state index contributed by atoms with van der Waals surface area (Å²) in [7, 11) is 0. The van der Waals surface area contributed by atoms with Crippen molar-refractivity contribution in [3.05, 3.63) is 34.8 Å². The van der Waals surface area contributed by atoms with Gasteiger partial charge in [-0.1, -0.05) is 15.9 Å². The van der Waals surface area contributed by atoms with Crippen molar-refractivity contribution in [3.63, 3.8) is 0 Å². The van der Waals surface area contributed by atoms with Gasteiger partial charge in [0.05, 0.1) is 0 Å². The van der Waals surface area contributed by atoms with Crippen LogP contribution in [-0.4, -0.2) is 0 Å². The van der Waals surface area contributed by atoms with Crippen molar-refractivity contribution < 1.29 is 0 Å². The third kappa shape index (κ3) is 1.32. The maximum atomic E-state index is 3.25. The third-order valence-corrected chi connectivity index (χ3v) is 1.07. The van der Waals surface area contributed by atoms with Crippen LogP contribution in [0.25, 0.3) is 0 Å². The topological polar surface area (TPSA) is 0 Å². The van der Waals surface area contributed by atoms with Gasteiger partial charge in [-0.2, -0.15) is 0 Å². The second-order valence-electron chi connectivity index (χ2n) is 1.15. The molecule has 0 saturated heterocycles. The molecule has 1 rings (SSSR count). The van der Waals surface area contributed by atoms with Crippen LogP contribution >= 0.6 is 15.9 Å². The molecular weight excluding hydrogens is 152 g/mol. The van der Waals surface area contributed by atoms with E-state index in [4.69, 9.17) is 0 Å². The van der Waals surface area contributed by atoms with Crippen molar-refractivity contribution in [1.82, 2.24) is 0 Å². The Kier molecular flexibility index (Phi) is 1.47. The highest BCUT2D eigenvalue weighted by Crippen LogP contribution is 2.04. The number of benzene rings is 1. The summed E-state index contributed by atoms with van der Waals surface area (Å²) in [4.78, 5) is 0. The Bertz CT molecular complexity index is 134. The first-order valence-corrected chi connectivity index (χ1v) is 2.71. The number of hydrogen-bond donors (Lipinski definition) is 0. The van der Waals surface area contributed by atoms with Crippen LogP contribution in [-0.2, 0) is 0 Å². The molecule has 0 nitrogen and oxygen atoms in total. The Balaban J connectivity index is 3.02. The lowest BCUT2D eigenvalue weighted by molar-refractivity contribution is 1.62. The molecule has 0 heterocycles. The quantitative estimate of drug-likeness (QED) is 0.537. The van der Waals surface area contributed by atoms with Crippen LogP contribution in [0.5, 0.6) is 0 Å². The summed E-state index contributed by atoms with van der Waals surface area (Å²) < 4.78 is 1.02. The average Bonchev–Trinajstić information content (AvgIpc) is 1.69. The minimum Gasteiger partial charge on any atom is -0.0508 e. The van der Waals surface area contributed by atoms with Crippen LogP contribution < -0.4 is 0 Å². The first-order valence-electron chi connectivity index (χ1n) is 1.92. The molecule has 0 aromatic heterocycles. The molecular formula is C6H3Br. The minimum atomic E-state index is 1.02. The van der Waals surface area contributed by atoms with Crippen molar-refractivity contribution in [2.24, 2.45) is 0 Å². The molecule has 2 radical (unpaired) electrons. The summed E-state index contributed by atoms with van der Waals surface area (Å²) in [5.74, 6) is 0. The van der Waals surface area contributed by atoms with E-state index in [1.807, 2.05) is 12.1 Å². The molecule has 0 saturated carbocycles. The standard InChI is InChI=1S/C6H3Br/c7-6-4-2-1-3-5-6/h1,4-5H. The fraction of sp³-hybridized carbons (Fsp3) is 0. The van der Waals surface area contributed by atoms with E-state index in [1.165, 1.54) is 0 Å². The van der Waals surface area contributed by atoms with Crippen molar-refractivity contribution >= 4 is 15.9 Å². The average molecular weight is 155 g/mol. The molecule has 0 bridgehead atoms. The van der Waals surface area contributed by atoms with Crippen LogP contribution in [0.2, 0.25) is 0 Å². The Labute approximate surface area is 51.3 Å². The number of halogens is 1. The molecule has 34 valence electrons. The minimum absolute atomic E-state index is 1.02. The van der Waals surface area contributed by atoms with E-state index in [-0.39, 0.29) is 0 Å². The molecule has 0 N–H and O–H groups in total. The second-order valence-corrected chi connectivity index (χ2v) is 2.07. The summed E-state index contributed by atoms with van der Waals surface area (Å²) in [5, 5.41) is 0. The highest BCUT2D eigenvalue weighted by Gasteiger charge is 1.75. The smallest absolute Gasteiger partial charge is 0.0187 e. The normalized spacial score (nSPS) is 8.71. The highest BCUT2D eigenvalue weighted by molar-refractivity contribution is 9.10. The predicted octanol–water partition coefficient (Wildman–Crippen LogP) is 2.05. The van der Waals surface area contributed by atoms with Crippen LogP contribution in [0.15, 0.2) is 22.7 Å². The van der Waals surface area contributed by atoms with E-state index in [0.717, 1.165) is 4.47 Å². The molecule has 7 heavy (non-hydrogen) atoms.